The van der Waals surface area contributed by atoms with Crippen molar-refractivity contribution < 1.29 is 9.72 Å². The zero-order valence-corrected chi connectivity index (χ0v) is 13.3. The smallest absolute Gasteiger partial charge is 0.300 e. The summed E-state index contributed by atoms with van der Waals surface area (Å²) in [5, 5.41) is 13.7. The highest BCUT2D eigenvalue weighted by Gasteiger charge is 2.23. The maximum atomic E-state index is 12.2. The minimum absolute atomic E-state index is 0.0509. The molecule has 1 aromatic heterocycles. The van der Waals surface area contributed by atoms with Gasteiger partial charge in [0, 0.05) is 6.54 Å². The van der Waals surface area contributed by atoms with Crippen molar-refractivity contribution in [3.63, 3.8) is 0 Å². The molecule has 0 atom stereocenters. The Hall–Kier alpha value is -1.69. The van der Waals surface area contributed by atoms with E-state index in [0.717, 1.165) is 6.20 Å². The van der Waals surface area contributed by atoms with Gasteiger partial charge in [0.25, 0.3) is 11.6 Å². The summed E-state index contributed by atoms with van der Waals surface area (Å²) in [7, 11) is 0. The minimum Gasteiger partial charge on any atom is -0.352 e. The van der Waals surface area contributed by atoms with E-state index in [9.17, 15) is 14.9 Å². The molecule has 0 aliphatic heterocycles. The van der Waals surface area contributed by atoms with Crippen molar-refractivity contribution >= 4 is 23.2 Å². The number of nitro groups is 1. The van der Waals surface area contributed by atoms with Gasteiger partial charge >= 0.3 is 0 Å². The zero-order chi connectivity index (χ0) is 16.2. The highest BCUT2D eigenvalue weighted by Crippen LogP contribution is 2.22. The van der Waals surface area contributed by atoms with Crippen LogP contribution < -0.4 is 5.32 Å². The van der Waals surface area contributed by atoms with E-state index in [4.69, 9.17) is 11.6 Å². The lowest BCUT2D eigenvalue weighted by Gasteiger charge is -2.25. The van der Waals surface area contributed by atoms with Crippen LogP contribution in [0.3, 0.4) is 0 Å². The van der Waals surface area contributed by atoms with Crippen LogP contribution in [0.2, 0.25) is 5.15 Å². The molecule has 0 fully saturated rings. The van der Waals surface area contributed by atoms with E-state index < -0.39 is 10.8 Å². The molecule has 1 amide bonds. The number of hydrogen-bond acceptors (Lipinski definition) is 4. The van der Waals surface area contributed by atoms with Crippen molar-refractivity contribution in [1.82, 2.24) is 10.3 Å². The second-order valence-electron chi connectivity index (χ2n) is 5.64. The van der Waals surface area contributed by atoms with E-state index in [1.54, 1.807) is 0 Å². The van der Waals surface area contributed by atoms with Gasteiger partial charge in [0.15, 0.2) is 0 Å². The van der Waals surface area contributed by atoms with Gasteiger partial charge in [0.1, 0.15) is 16.9 Å². The summed E-state index contributed by atoms with van der Waals surface area (Å²) in [5.41, 5.74) is -0.409. The van der Waals surface area contributed by atoms with Crippen LogP contribution in [-0.4, -0.2) is 22.4 Å². The third-order valence-electron chi connectivity index (χ3n) is 3.50. The lowest BCUT2D eigenvalue weighted by Crippen LogP contribution is -2.34. The zero-order valence-electron chi connectivity index (χ0n) is 12.6. The molecule has 0 aliphatic carbocycles. The summed E-state index contributed by atoms with van der Waals surface area (Å²) in [5.74, 6) is 0.602. The SMILES string of the molecule is CC(C)C(CNC(=O)c1cc(Cl)ncc1[N+](=O)[O-])C(C)C. The highest BCUT2D eigenvalue weighted by atomic mass is 35.5. The topological polar surface area (TPSA) is 85.1 Å². The Balaban J connectivity index is 2.89. The molecule has 0 aromatic carbocycles. The molecule has 0 radical (unpaired) electrons. The van der Waals surface area contributed by atoms with E-state index in [2.05, 4.69) is 38.0 Å². The lowest BCUT2D eigenvalue weighted by molar-refractivity contribution is -0.385. The van der Waals surface area contributed by atoms with Crippen molar-refractivity contribution in [2.75, 3.05) is 6.54 Å². The first-order chi connectivity index (χ1) is 9.73. The summed E-state index contributed by atoms with van der Waals surface area (Å²) >= 11 is 5.72. The van der Waals surface area contributed by atoms with Gasteiger partial charge in [-0.25, -0.2) is 4.98 Å². The molecule has 0 unspecified atom stereocenters. The van der Waals surface area contributed by atoms with Gasteiger partial charge in [-0.15, -0.1) is 0 Å². The summed E-state index contributed by atoms with van der Waals surface area (Å²) in [6.07, 6.45) is 1.000. The molecular weight excluding hydrogens is 294 g/mol. The maximum Gasteiger partial charge on any atom is 0.300 e. The first-order valence-corrected chi connectivity index (χ1v) is 7.20. The van der Waals surface area contributed by atoms with Crippen LogP contribution in [0.1, 0.15) is 38.1 Å². The van der Waals surface area contributed by atoms with Crippen LogP contribution in [0.25, 0.3) is 0 Å². The van der Waals surface area contributed by atoms with Crippen LogP contribution >= 0.6 is 11.6 Å². The number of carbonyl (C=O) groups excluding carboxylic acids is 1. The average Bonchev–Trinajstić information content (AvgIpc) is 2.37. The van der Waals surface area contributed by atoms with Gasteiger partial charge in [-0.3, -0.25) is 14.9 Å². The van der Waals surface area contributed by atoms with Crippen molar-refractivity contribution in [1.29, 1.82) is 0 Å². The number of nitrogens with zero attached hydrogens (tertiary/aromatic N) is 2. The van der Waals surface area contributed by atoms with Gasteiger partial charge in [-0.2, -0.15) is 0 Å². The first-order valence-electron chi connectivity index (χ1n) is 6.82. The lowest BCUT2D eigenvalue weighted by atomic mass is 9.85. The van der Waals surface area contributed by atoms with Crippen LogP contribution in [0.15, 0.2) is 12.3 Å². The number of aromatic nitrogens is 1. The Bertz CT molecular complexity index is 524. The van der Waals surface area contributed by atoms with Crippen LogP contribution in [0.5, 0.6) is 0 Å². The van der Waals surface area contributed by atoms with Gasteiger partial charge in [0.2, 0.25) is 0 Å². The largest absolute Gasteiger partial charge is 0.352 e. The van der Waals surface area contributed by atoms with Gasteiger partial charge in [-0.1, -0.05) is 39.3 Å². The average molecular weight is 314 g/mol. The standard InChI is InChI=1S/C14H20ClN3O3/c1-8(2)11(9(3)4)6-17-14(19)10-5-13(15)16-7-12(10)18(20)21/h5,7-9,11H,6H2,1-4H3,(H,17,19). The molecule has 7 heteroatoms. The molecule has 1 rings (SSSR count). The Morgan fingerprint density at radius 1 is 1.38 bits per heavy atom. The molecule has 0 bridgehead atoms. The number of halogens is 1. The maximum absolute atomic E-state index is 12.2. The Morgan fingerprint density at radius 3 is 2.43 bits per heavy atom. The Morgan fingerprint density at radius 2 is 1.95 bits per heavy atom. The fourth-order valence-corrected chi connectivity index (χ4v) is 2.45. The molecule has 0 saturated heterocycles. The fraction of sp³-hybridized carbons (Fsp3) is 0.571. The number of rotatable bonds is 6. The molecule has 1 N–H and O–H groups in total. The van der Waals surface area contributed by atoms with Crippen molar-refractivity contribution in [3.8, 4) is 0 Å². The monoisotopic (exact) mass is 313 g/mol. The molecule has 1 aromatic rings. The predicted molar refractivity (Wildman–Crippen MR) is 81.4 cm³/mol. The molecule has 1 heterocycles. The van der Waals surface area contributed by atoms with E-state index in [0.29, 0.717) is 24.3 Å². The Kier molecular flexibility index (Phi) is 6.08. The number of hydrogen-bond donors (Lipinski definition) is 1. The fourth-order valence-electron chi connectivity index (χ4n) is 2.30. The number of nitrogens with one attached hydrogen (secondary N) is 1. The predicted octanol–water partition coefficient (Wildman–Crippen LogP) is 3.30. The quantitative estimate of drug-likeness (QED) is 0.496. The molecule has 21 heavy (non-hydrogen) atoms. The molecule has 6 nitrogen and oxygen atoms in total. The molecule has 0 saturated carbocycles. The molecule has 0 aliphatic rings. The summed E-state index contributed by atoms with van der Waals surface area (Å²) < 4.78 is 0. The summed E-state index contributed by atoms with van der Waals surface area (Å²) in [6, 6.07) is 1.22. The summed E-state index contributed by atoms with van der Waals surface area (Å²) in [4.78, 5) is 26.1. The first kappa shape index (κ1) is 17.4. The van der Waals surface area contributed by atoms with E-state index in [-0.39, 0.29) is 16.4 Å². The molecule has 116 valence electrons. The van der Waals surface area contributed by atoms with Crippen molar-refractivity contribution in [3.05, 3.63) is 33.1 Å². The van der Waals surface area contributed by atoms with E-state index >= 15 is 0 Å². The molecule has 0 spiro atoms. The van der Waals surface area contributed by atoms with Gasteiger partial charge < -0.3 is 5.32 Å². The van der Waals surface area contributed by atoms with Gasteiger partial charge in [-0.05, 0) is 23.8 Å². The van der Waals surface area contributed by atoms with Crippen molar-refractivity contribution in [2.45, 2.75) is 27.7 Å². The molecular formula is C14H20ClN3O3. The summed E-state index contributed by atoms with van der Waals surface area (Å²) in [6.45, 7) is 8.81. The normalized spacial score (nSPS) is 11.2. The Labute approximate surface area is 129 Å². The number of pyridine rings is 1. The van der Waals surface area contributed by atoms with E-state index in [1.165, 1.54) is 6.07 Å². The number of carbonyl (C=O) groups is 1. The van der Waals surface area contributed by atoms with Gasteiger partial charge in [0.05, 0.1) is 4.92 Å². The van der Waals surface area contributed by atoms with Crippen LogP contribution in [0, 0.1) is 27.9 Å². The third kappa shape index (κ3) is 4.67. The second-order valence-corrected chi connectivity index (χ2v) is 6.03. The van der Waals surface area contributed by atoms with Crippen LogP contribution in [-0.2, 0) is 0 Å². The number of amides is 1. The van der Waals surface area contributed by atoms with Crippen LogP contribution in [0.4, 0.5) is 5.69 Å². The third-order valence-corrected chi connectivity index (χ3v) is 3.71. The van der Waals surface area contributed by atoms with E-state index in [1.807, 2.05) is 0 Å². The minimum atomic E-state index is -0.638. The second kappa shape index (κ2) is 7.36. The highest BCUT2D eigenvalue weighted by molar-refractivity contribution is 6.29. The van der Waals surface area contributed by atoms with Crippen molar-refractivity contribution in [2.24, 2.45) is 17.8 Å².